The fourth-order valence-electron chi connectivity index (χ4n) is 5.08. The average Bonchev–Trinajstić information content (AvgIpc) is 3.37. The molecule has 3 aromatic carbocycles. The monoisotopic (exact) mass is 536 g/mol. The van der Waals surface area contributed by atoms with Gasteiger partial charge in [0.25, 0.3) is 5.91 Å². The molecule has 39 heavy (non-hydrogen) atoms. The molecule has 0 aliphatic carbocycles. The van der Waals surface area contributed by atoms with Crippen molar-refractivity contribution in [3.05, 3.63) is 101 Å². The van der Waals surface area contributed by atoms with Gasteiger partial charge in [-0.1, -0.05) is 78.9 Å². The molecule has 1 amide bonds. The van der Waals surface area contributed by atoms with E-state index in [2.05, 4.69) is 27.3 Å². The number of carbonyl (C=O) groups excluding carboxylic acids is 2. The number of amides is 1. The van der Waals surface area contributed by atoms with Crippen molar-refractivity contribution in [2.45, 2.75) is 39.0 Å². The van der Waals surface area contributed by atoms with Crippen LogP contribution in [0, 0.1) is 0 Å². The zero-order chi connectivity index (χ0) is 26.8. The van der Waals surface area contributed by atoms with Gasteiger partial charge in [-0.3, -0.25) is 20.0 Å². The normalized spacial score (nSPS) is 14.2. The van der Waals surface area contributed by atoms with Crippen LogP contribution in [0.3, 0.4) is 0 Å². The highest BCUT2D eigenvalue weighted by Gasteiger charge is 2.30. The number of thiazole rings is 1. The maximum absolute atomic E-state index is 13.8. The highest BCUT2D eigenvalue weighted by molar-refractivity contribution is 7.22. The Bertz CT molecular complexity index is 1630. The number of hydrogen-bond donors (Lipinski definition) is 1. The smallest absolute Gasteiger partial charge is 0.340 e. The summed E-state index contributed by atoms with van der Waals surface area (Å²) in [5.41, 5.74) is 5.08. The highest BCUT2D eigenvalue weighted by atomic mass is 32.1. The van der Waals surface area contributed by atoms with Crippen molar-refractivity contribution >= 4 is 49.5 Å². The SMILES string of the molecule is CCC(OC(=O)c1c2c(nc3ccccc13)CCN(Cc1ccccc1)C2)C(=O)Nc1nc2ccccc2s1. The van der Waals surface area contributed by atoms with Gasteiger partial charge in [0.1, 0.15) is 0 Å². The van der Waals surface area contributed by atoms with E-state index < -0.39 is 12.1 Å². The summed E-state index contributed by atoms with van der Waals surface area (Å²) in [6.45, 7) is 4.05. The lowest BCUT2D eigenvalue weighted by molar-refractivity contribution is -0.124. The predicted octanol–water partition coefficient (Wildman–Crippen LogP) is 5.98. The van der Waals surface area contributed by atoms with Crippen molar-refractivity contribution in [3.63, 3.8) is 0 Å². The summed E-state index contributed by atoms with van der Waals surface area (Å²) >= 11 is 1.39. The number of nitrogens with one attached hydrogen (secondary N) is 1. The molecule has 2 aromatic heterocycles. The first-order chi connectivity index (χ1) is 19.1. The molecule has 0 saturated carbocycles. The summed E-state index contributed by atoms with van der Waals surface area (Å²) in [7, 11) is 0. The number of benzene rings is 3. The maximum atomic E-state index is 13.8. The average molecular weight is 537 g/mol. The molecule has 6 rings (SSSR count). The number of para-hydroxylation sites is 2. The Morgan fingerprint density at radius 3 is 2.51 bits per heavy atom. The van der Waals surface area contributed by atoms with Gasteiger partial charge in [0.05, 0.1) is 21.3 Å². The van der Waals surface area contributed by atoms with Gasteiger partial charge in [-0.2, -0.15) is 0 Å². The summed E-state index contributed by atoms with van der Waals surface area (Å²) in [6.07, 6.45) is 0.132. The second-order valence-electron chi connectivity index (χ2n) is 9.65. The summed E-state index contributed by atoms with van der Waals surface area (Å²) < 4.78 is 6.88. The maximum Gasteiger partial charge on any atom is 0.340 e. The minimum atomic E-state index is -0.948. The molecule has 0 bridgehead atoms. The van der Waals surface area contributed by atoms with Crippen LogP contribution in [-0.2, 0) is 29.0 Å². The third kappa shape index (κ3) is 5.26. The third-order valence-electron chi connectivity index (χ3n) is 7.02. The molecule has 1 N–H and O–H groups in total. The lowest BCUT2D eigenvalue weighted by Crippen LogP contribution is -2.34. The quantitative estimate of drug-likeness (QED) is 0.258. The second kappa shape index (κ2) is 10.9. The first-order valence-electron chi connectivity index (χ1n) is 13.1. The molecule has 0 fully saturated rings. The van der Waals surface area contributed by atoms with E-state index in [4.69, 9.17) is 9.72 Å². The van der Waals surface area contributed by atoms with Gasteiger partial charge in [-0.15, -0.1) is 0 Å². The Balaban J connectivity index is 1.27. The number of anilines is 1. The van der Waals surface area contributed by atoms with E-state index in [0.29, 0.717) is 23.7 Å². The number of rotatable bonds is 7. The molecule has 0 saturated heterocycles. The van der Waals surface area contributed by atoms with Gasteiger partial charge >= 0.3 is 5.97 Å². The van der Waals surface area contributed by atoms with Crippen LogP contribution in [0.2, 0.25) is 0 Å². The first-order valence-corrected chi connectivity index (χ1v) is 13.9. The van der Waals surface area contributed by atoms with E-state index in [9.17, 15) is 9.59 Å². The van der Waals surface area contributed by atoms with E-state index >= 15 is 0 Å². The Hall–Kier alpha value is -4.14. The van der Waals surface area contributed by atoms with Crippen molar-refractivity contribution in [1.29, 1.82) is 0 Å². The number of fused-ring (bicyclic) bond motifs is 3. The van der Waals surface area contributed by atoms with Gasteiger partial charge in [0, 0.05) is 42.7 Å². The molecule has 1 aliphatic heterocycles. The Morgan fingerprint density at radius 2 is 1.72 bits per heavy atom. The lowest BCUT2D eigenvalue weighted by Gasteiger charge is -2.30. The van der Waals surface area contributed by atoms with Crippen LogP contribution >= 0.6 is 11.3 Å². The zero-order valence-corrected chi connectivity index (χ0v) is 22.4. The predicted molar refractivity (Wildman–Crippen MR) is 154 cm³/mol. The van der Waals surface area contributed by atoms with E-state index in [1.807, 2.05) is 73.7 Å². The van der Waals surface area contributed by atoms with Crippen molar-refractivity contribution in [1.82, 2.24) is 14.9 Å². The molecule has 0 radical (unpaired) electrons. The molecule has 1 atom stereocenters. The Kier molecular flexibility index (Phi) is 7.04. The van der Waals surface area contributed by atoms with Gasteiger partial charge in [0.15, 0.2) is 11.2 Å². The molecule has 1 aliphatic rings. The molecule has 5 aromatic rings. The largest absolute Gasteiger partial charge is 0.449 e. The van der Waals surface area contributed by atoms with Gasteiger partial charge in [-0.05, 0) is 30.2 Å². The fourth-order valence-corrected chi connectivity index (χ4v) is 5.95. The van der Waals surface area contributed by atoms with Crippen LogP contribution in [0.25, 0.3) is 21.1 Å². The number of esters is 1. The number of carbonyl (C=O) groups is 2. The van der Waals surface area contributed by atoms with E-state index in [0.717, 1.165) is 51.9 Å². The molecule has 0 spiro atoms. The summed E-state index contributed by atoms with van der Waals surface area (Å²) in [5, 5.41) is 4.07. The minimum Gasteiger partial charge on any atom is -0.449 e. The Morgan fingerprint density at radius 1 is 0.974 bits per heavy atom. The van der Waals surface area contributed by atoms with Crippen molar-refractivity contribution in [2.24, 2.45) is 0 Å². The molecule has 196 valence electrons. The number of ether oxygens (including phenoxy) is 1. The summed E-state index contributed by atoms with van der Waals surface area (Å²) in [5.74, 6) is -0.888. The lowest BCUT2D eigenvalue weighted by atomic mass is 9.95. The van der Waals surface area contributed by atoms with Crippen LogP contribution < -0.4 is 5.32 Å². The van der Waals surface area contributed by atoms with Crippen LogP contribution in [-0.4, -0.2) is 39.4 Å². The number of nitrogens with zero attached hydrogens (tertiary/aromatic N) is 3. The molecular weight excluding hydrogens is 508 g/mol. The standard InChI is InChI=1S/C31H28N4O3S/c1-2-26(29(36)34-31-33-25-14-8-9-15-27(25)39-31)38-30(37)28-21-12-6-7-13-23(21)32-24-16-17-35(19-22(24)28)18-20-10-4-3-5-11-20/h3-15,26H,2,16-19H2,1H3,(H,33,34,36). The molecular formula is C31H28N4O3S. The molecule has 1 unspecified atom stereocenters. The topological polar surface area (TPSA) is 84.4 Å². The minimum absolute atomic E-state index is 0.341. The van der Waals surface area contributed by atoms with Crippen LogP contribution in [0.5, 0.6) is 0 Å². The van der Waals surface area contributed by atoms with E-state index in [-0.39, 0.29) is 5.91 Å². The number of hydrogen-bond acceptors (Lipinski definition) is 7. The Labute approximate surface area is 230 Å². The highest BCUT2D eigenvalue weighted by Crippen LogP contribution is 2.30. The summed E-state index contributed by atoms with van der Waals surface area (Å²) in [6, 6.07) is 25.6. The second-order valence-corrected chi connectivity index (χ2v) is 10.7. The van der Waals surface area contributed by atoms with Gasteiger partial charge in [0.2, 0.25) is 0 Å². The van der Waals surface area contributed by atoms with Gasteiger partial charge < -0.3 is 4.74 Å². The molecule has 7 nitrogen and oxygen atoms in total. The van der Waals surface area contributed by atoms with E-state index in [1.165, 1.54) is 16.9 Å². The van der Waals surface area contributed by atoms with Crippen LogP contribution in [0.4, 0.5) is 5.13 Å². The van der Waals surface area contributed by atoms with Gasteiger partial charge in [-0.25, -0.2) is 9.78 Å². The van der Waals surface area contributed by atoms with Crippen LogP contribution in [0.15, 0.2) is 78.9 Å². The first kappa shape index (κ1) is 25.2. The van der Waals surface area contributed by atoms with E-state index in [1.54, 1.807) is 0 Å². The summed E-state index contributed by atoms with van der Waals surface area (Å²) in [4.78, 5) is 38.6. The molecule has 8 heteroatoms. The third-order valence-corrected chi connectivity index (χ3v) is 7.97. The fraction of sp³-hybridized carbons (Fsp3) is 0.226. The number of aromatic nitrogens is 2. The van der Waals surface area contributed by atoms with Crippen molar-refractivity contribution in [3.8, 4) is 0 Å². The van der Waals surface area contributed by atoms with Crippen molar-refractivity contribution in [2.75, 3.05) is 11.9 Å². The zero-order valence-electron chi connectivity index (χ0n) is 21.6. The van der Waals surface area contributed by atoms with Crippen LogP contribution in [0.1, 0.15) is 40.5 Å². The molecule has 3 heterocycles. The number of pyridine rings is 1. The van der Waals surface area contributed by atoms with Crippen molar-refractivity contribution < 1.29 is 14.3 Å².